The number of benzene rings is 1. The van der Waals surface area contributed by atoms with Gasteiger partial charge in [0, 0.05) is 26.2 Å². The summed E-state index contributed by atoms with van der Waals surface area (Å²) in [6.45, 7) is 6.61. The Balaban J connectivity index is 0.00000112. The van der Waals surface area contributed by atoms with Crippen molar-refractivity contribution in [3.8, 4) is 0 Å². The Kier molecular flexibility index (Phi) is 4.40. The van der Waals surface area contributed by atoms with E-state index in [-0.39, 0.29) is 26.2 Å². The minimum Gasteiger partial charge on any atom is -0.165 e. The quantitative estimate of drug-likeness (QED) is 0.724. The monoisotopic (exact) mass is 275 g/mol. The van der Waals surface area contributed by atoms with Crippen LogP contribution in [0.2, 0.25) is 0 Å². The predicted molar refractivity (Wildman–Crippen MR) is 63.0 cm³/mol. The smallest absolute Gasteiger partial charge is 0 e. The van der Waals surface area contributed by atoms with Crippen LogP contribution in [0.4, 0.5) is 0 Å². The van der Waals surface area contributed by atoms with E-state index in [4.69, 9.17) is 0 Å². The summed E-state index contributed by atoms with van der Waals surface area (Å²) in [6.07, 6.45) is 2.42. The van der Waals surface area contributed by atoms with Crippen LogP contribution in [-0.2, 0) is 32.6 Å². The molecule has 0 saturated carbocycles. The van der Waals surface area contributed by atoms with E-state index in [0.717, 1.165) is 0 Å². The molecule has 0 aliphatic carbocycles. The Bertz CT molecular complexity index is 452. The third-order valence-electron chi connectivity index (χ3n) is 2.86. The first-order valence-electron chi connectivity index (χ1n) is 5.38. The molecule has 0 radical (unpaired) electrons. The Morgan fingerprint density at radius 3 is 2.60 bits per heavy atom. The third kappa shape index (κ3) is 2.45. The molecule has 2 aromatic carbocycles. The molecule has 0 bridgehead atoms. The number of aryl methyl sites for hydroxylation is 3. The van der Waals surface area contributed by atoms with Crippen LogP contribution in [-0.4, -0.2) is 0 Å². The van der Waals surface area contributed by atoms with Gasteiger partial charge in [-0.05, 0) is 6.42 Å². The topological polar surface area (TPSA) is 0 Å². The van der Waals surface area contributed by atoms with E-state index >= 15 is 0 Å². The molecule has 0 atom stereocenters. The van der Waals surface area contributed by atoms with Crippen molar-refractivity contribution in [2.45, 2.75) is 33.6 Å². The van der Waals surface area contributed by atoms with Gasteiger partial charge >= 0.3 is 0 Å². The van der Waals surface area contributed by atoms with Crippen molar-refractivity contribution in [1.29, 1.82) is 0 Å². The van der Waals surface area contributed by atoms with Gasteiger partial charge in [0.1, 0.15) is 0 Å². The van der Waals surface area contributed by atoms with Crippen molar-refractivity contribution in [3.05, 3.63) is 41.0 Å². The van der Waals surface area contributed by atoms with Gasteiger partial charge in [0.05, 0.1) is 0 Å². The normalized spacial score (nSPS) is 10.3. The fraction of sp³-hybridized carbons (Fsp3) is 0.357. The molecule has 0 aliphatic heterocycles. The molecule has 0 amide bonds. The summed E-state index contributed by atoms with van der Waals surface area (Å²) in [7, 11) is 0. The molecule has 0 heterocycles. The van der Waals surface area contributed by atoms with Gasteiger partial charge in [-0.25, -0.2) is 0 Å². The van der Waals surface area contributed by atoms with Crippen molar-refractivity contribution in [2.75, 3.05) is 0 Å². The number of fused-ring (bicyclic) bond motifs is 1. The maximum atomic E-state index is 2.31. The van der Waals surface area contributed by atoms with Crippen LogP contribution in [0, 0.1) is 13.8 Å². The van der Waals surface area contributed by atoms with Crippen molar-refractivity contribution in [1.82, 2.24) is 0 Å². The van der Waals surface area contributed by atoms with Gasteiger partial charge in [0.15, 0.2) is 0 Å². The molecule has 0 nitrogen and oxygen atoms in total. The van der Waals surface area contributed by atoms with Gasteiger partial charge < -0.3 is 0 Å². The van der Waals surface area contributed by atoms with E-state index in [2.05, 4.69) is 45.0 Å². The van der Waals surface area contributed by atoms with Gasteiger partial charge in [-0.1, -0.05) is 38.8 Å². The second kappa shape index (κ2) is 5.17. The molecule has 2 rings (SSSR count). The molecule has 78 valence electrons. The molecule has 0 aliphatic rings. The van der Waals surface area contributed by atoms with Gasteiger partial charge in [0.2, 0.25) is 0 Å². The van der Waals surface area contributed by atoms with Crippen molar-refractivity contribution >= 4 is 10.8 Å². The molecule has 0 unspecified atom stereocenters. The van der Waals surface area contributed by atoms with Crippen LogP contribution >= 0.6 is 0 Å². The molecule has 0 aromatic heterocycles. The maximum absolute atomic E-state index is 2.31. The Morgan fingerprint density at radius 1 is 1.20 bits per heavy atom. The molecular weight excluding hydrogens is 259 g/mol. The van der Waals surface area contributed by atoms with Crippen LogP contribution in [0.25, 0.3) is 10.8 Å². The molecule has 1 heteroatoms. The standard InChI is InChI=1S/C14H17.Zr/c1-4-5-12-7-6-11(3)13-8-10(2)9-14(12)13;/h6-9H,4-5H2,1-3H3;/q-1;. The minimum absolute atomic E-state index is 0. The minimum atomic E-state index is 0. The van der Waals surface area contributed by atoms with Crippen LogP contribution in [0.3, 0.4) is 0 Å². The first-order valence-corrected chi connectivity index (χ1v) is 5.38. The van der Waals surface area contributed by atoms with E-state index in [1.807, 2.05) is 0 Å². The second-order valence-corrected chi connectivity index (χ2v) is 4.15. The van der Waals surface area contributed by atoms with Crippen LogP contribution in [0.1, 0.15) is 30.0 Å². The van der Waals surface area contributed by atoms with Gasteiger partial charge in [-0.15, -0.1) is 34.0 Å². The number of rotatable bonds is 2. The molecule has 2 aromatic rings. The largest absolute Gasteiger partial charge is 0.165 e. The Morgan fingerprint density at radius 2 is 1.93 bits per heavy atom. The van der Waals surface area contributed by atoms with Crippen LogP contribution < -0.4 is 0 Å². The molecular formula is C14H17Zr-. The van der Waals surface area contributed by atoms with Gasteiger partial charge in [-0.2, -0.15) is 6.07 Å². The van der Waals surface area contributed by atoms with Crippen molar-refractivity contribution in [2.24, 2.45) is 0 Å². The Labute approximate surface area is 111 Å². The third-order valence-corrected chi connectivity index (χ3v) is 2.86. The first kappa shape index (κ1) is 12.8. The zero-order valence-corrected chi connectivity index (χ0v) is 12.2. The van der Waals surface area contributed by atoms with E-state index < -0.39 is 0 Å². The maximum Gasteiger partial charge on any atom is 0 e. The zero-order valence-electron chi connectivity index (χ0n) is 9.72. The Hall–Kier alpha value is -0.287. The van der Waals surface area contributed by atoms with Crippen LogP contribution in [0.15, 0.2) is 24.3 Å². The van der Waals surface area contributed by atoms with Crippen molar-refractivity contribution < 1.29 is 26.2 Å². The molecule has 0 saturated heterocycles. The number of hydrogen-bond acceptors (Lipinski definition) is 0. The van der Waals surface area contributed by atoms with E-state index in [1.165, 1.54) is 40.3 Å². The summed E-state index contributed by atoms with van der Waals surface area (Å²) < 4.78 is 0. The summed E-state index contributed by atoms with van der Waals surface area (Å²) in [5, 5.41) is 2.90. The fourth-order valence-corrected chi connectivity index (χ4v) is 2.14. The fourth-order valence-electron chi connectivity index (χ4n) is 2.14. The van der Waals surface area contributed by atoms with Crippen molar-refractivity contribution in [3.63, 3.8) is 0 Å². The molecule has 15 heavy (non-hydrogen) atoms. The first-order chi connectivity index (χ1) is 6.72. The average molecular weight is 277 g/mol. The summed E-state index contributed by atoms with van der Waals surface area (Å²) in [5.74, 6) is 0. The molecule has 0 spiro atoms. The predicted octanol–water partition coefficient (Wildman–Crippen LogP) is 4.13. The summed E-state index contributed by atoms with van der Waals surface area (Å²) >= 11 is 0. The molecule has 0 N–H and O–H groups in total. The van der Waals surface area contributed by atoms with E-state index in [1.54, 1.807) is 0 Å². The number of hydrogen-bond donors (Lipinski definition) is 0. The van der Waals surface area contributed by atoms with Gasteiger partial charge in [-0.3, -0.25) is 0 Å². The molecule has 0 fully saturated rings. The van der Waals surface area contributed by atoms with Crippen LogP contribution in [0.5, 0.6) is 0 Å². The summed E-state index contributed by atoms with van der Waals surface area (Å²) in [6, 6.07) is 9.13. The summed E-state index contributed by atoms with van der Waals surface area (Å²) in [4.78, 5) is 0. The SMILES string of the molecule is CCCc1ccc(C)c2[cH-]c(C)cc12.[Zr]. The summed E-state index contributed by atoms with van der Waals surface area (Å²) in [5.41, 5.74) is 4.28. The van der Waals surface area contributed by atoms with E-state index in [0.29, 0.717) is 0 Å². The van der Waals surface area contributed by atoms with Gasteiger partial charge in [0.25, 0.3) is 0 Å². The average Bonchev–Trinajstić information content (AvgIpc) is 2.53. The van der Waals surface area contributed by atoms with E-state index in [9.17, 15) is 0 Å². The second-order valence-electron chi connectivity index (χ2n) is 4.15. The zero-order chi connectivity index (χ0) is 10.1.